The van der Waals surface area contributed by atoms with Gasteiger partial charge in [0.25, 0.3) is 5.91 Å². The molecule has 5 nitrogen and oxygen atoms in total. The Labute approximate surface area is 117 Å². The number of nitrogens with one attached hydrogen (secondary N) is 1. The number of carbonyl (C=O) groups is 1. The van der Waals surface area contributed by atoms with Crippen LogP contribution >= 0.6 is 0 Å². The summed E-state index contributed by atoms with van der Waals surface area (Å²) in [6.45, 7) is 2.38. The van der Waals surface area contributed by atoms with Crippen LogP contribution in [0.5, 0.6) is 11.5 Å². The van der Waals surface area contributed by atoms with Gasteiger partial charge in [0.15, 0.2) is 0 Å². The first kappa shape index (κ1) is 13.7. The lowest BCUT2D eigenvalue weighted by molar-refractivity contribution is 0.102. The maximum atomic E-state index is 12.1. The third-order valence-electron chi connectivity index (χ3n) is 2.68. The minimum absolute atomic E-state index is 0.0917. The number of hydrogen-bond donors (Lipinski definition) is 3. The van der Waals surface area contributed by atoms with Crippen molar-refractivity contribution < 1.29 is 14.6 Å². The predicted molar refractivity (Wildman–Crippen MR) is 78.1 cm³/mol. The van der Waals surface area contributed by atoms with Gasteiger partial charge >= 0.3 is 0 Å². The van der Waals surface area contributed by atoms with E-state index in [9.17, 15) is 9.90 Å². The van der Waals surface area contributed by atoms with E-state index in [1.807, 2.05) is 6.92 Å². The summed E-state index contributed by atoms with van der Waals surface area (Å²) in [6, 6.07) is 11.2. The Hall–Kier alpha value is -2.69. The lowest BCUT2D eigenvalue weighted by Crippen LogP contribution is -2.12. The smallest absolute Gasteiger partial charge is 0.255 e. The number of aromatic hydroxyl groups is 1. The average molecular weight is 272 g/mol. The molecular weight excluding hydrogens is 256 g/mol. The molecule has 0 unspecified atom stereocenters. The van der Waals surface area contributed by atoms with Crippen molar-refractivity contribution >= 4 is 17.3 Å². The van der Waals surface area contributed by atoms with Crippen LogP contribution in [0.3, 0.4) is 0 Å². The van der Waals surface area contributed by atoms with Crippen LogP contribution in [-0.4, -0.2) is 17.6 Å². The molecule has 0 atom stereocenters. The van der Waals surface area contributed by atoms with Crippen molar-refractivity contribution in [3.8, 4) is 11.5 Å². The molecule has 0 aliphatic carbocycles. The largest absolute Gasteiger partial charge is 0.508 e. The van der Waals surface area contributed by atoms with Crippen LogP contribution in [0, 0.1) is 0 Å². The van der Waals surface area contributed by atoms with E-state index in [1.165, 1.54) is 12.1 Å². The first-order chi connectivity index (χ1) is 9.60. The zero-order valence-corrected chi connectivity index (χ0v) is 11.1. The molecule has 0 aliphatic rings. The van der Waals surface area contributed by atoms with Crippen LogP contribution in [0.25, 0.3) is 0 Å². The first-order valence-electron chi connectivity index (χ1n) is 6.23. The Morgan fingerprint density at radius 3 is 2.75 bits per heavy atom. The fourth-order valence-corrected chi connectivity index (χ4v) is 1.76. The number of ether oxygens (including phenoxy) is 1. The second-order valence-electron chi connectivity index (χ2n) is 4.19. The molecule has 0 spiro atoms. The highest BCUT2D eigenvalue weighted by Gasteiger charge is 2.09. The van der Waals surface area contributed by atoms with Crippen LogP contribution in [-0.2, 0) is 0 Å². The van der Waals surface area contributed by atoms with Crippen molar-refractivity contribution in [3.63, 3.8) is 0 Å². The van der Waals surface area contributed by atoms with Gasteiger partial charge in [0, 0.05) is 17.3 Å². The van der Waals surface area contributed by atoms with Gasteiger partial charge in [-0.25, -0.2) is 0 Å². The molecule has 0 saturated carbocycles. The summed E-state index contributed by atoms with van der Waals surface area (Å²) in [4.78, 5) is 12.1. The van der Waals surface area contributed by atoms with Gasteiger partial charge in [-0.05, 0) is 37.3 Å². The molecule has 0 radical (unpaired) electrons. The number of nitrogen functional groups attached to an aromatic ring is 1. The molecule has 4 N–H and O–H groups in total. The quantitative estimate of drug-likeness (QED) is 0.747. The average Bonchev–Trinajstić information content (AvgIpc) is 2.41. The van der Waals surface area contributed by atoms with Gasteiger partial charge in [0.05, 0.1) is 12.3 Å². The van der Waals surface area contributed by atoms with Crippen molar-refractivity contribution in [1.29, 1.82) is 0 Å². The van der Waals surface area contributed by atoms with Gasteiger partial charge in [0.1, 0.15) is 11.5 Å². The molecule has 104 valence electrons. The number of rotatable bonds is 4. The van der Waals surface area contributed by atoms with E-state index in [4.69, 9.17) is 10.5 Å². The lowest BCUT2D eigenvalue weighted by Gasteiger charge is -2.09. The number of amides is 1. The molecule has 20 heavy (non-hydrogen) atoms. The van der Waals surface area contributed by atoms with E-state index in [-0.39, 0.29) is 11.7 Å². The number of nitrogens with two attached hydrogens (primary N) is 1. The topological polar surface area (TPSA) is 84.6 Å². The molecule has 0 aliphatic heterocycles. The van der Waals surface area contributed by atoms with Crippen molar-refractivity contribution in [2.24, 2.45) is 0 Å². The zero-order chi connectivity index (χ0) is 14.5. The molecule has 0 fully saturated rings. The highest BCUT2D eigenvalue weighted by Crippen LogP contribution is 2.23. The normalized spacial score (nSPS) is 10.1. The zero-order valence-electron chi connectivity index (χ0n) is 11.1. The Morgan fingerprint density at radius 2 is 2.10 bits per heavy atom. The van der Waals surface area contributed by atoms with Crippen LogP contribution in [0.2, 0.25) is 0 Å². The highest BCUT2D eigenvalue weighted by molar-refractivity contribution is 6.05. The minimum Gasteiger partial charge on any atom is -0.508 e. The van der Waals surface area contributed by atoms with E-state index in [0.717, 1.165) is 0 Å². The van der Waals surface area contributed by atoms with E-state index < -0.39 is 0 Å². The van der Waals surface area contributed by atoms with Crippen LogP contribution < -0.4 is 15.8 Å². The summed E-state index contributed by atoms with van der Waals surface area (Å²) in [5.74, 6) is 0.348. The van der Waals surface area contributed by atoms with E-state index in [0.29, 0.717) is 29.3 Å². The molecule has 0 saturated heterocycles. The van der Waals surface area contributed by atoms with Gasteiger partial charge in [-0.2, -0.15) is 0 Å². The van der Waals surface area contributed by atoms with Gasteiger partial charge < -0.3 is 20.9 Å². The van der Waals surface area contributed by atoms with Crippen LogP contribution in [0.15, 0.2) is 42.5 Å². The second-order valence-corrected chi connectivity index (χ2v) is 4.19. The Morgan fingerprint density at radius 1 is 1.30 bits per heavy atom. The number of hydrogen-bond acceptors (Lipinski definition) is 4. The number of benzene rings is 2. The SMILES string of the molecule is CCOc1ccc(C(=O)Nc2cccc(O)c2)cc1N. The number of phenolic OH excluding ortho intramolecular Hbond substituents is 1. The van der Waals surface area contributed by atoms with Crippen LogP contribution in [0.1, 0.15) is 17.3 Å². The van der Waals surface area contributed by atoms with Crippen molar-refractivity contribution in [2.75, 3.05) is 17.7 Å². The summed E-state index contributed by atoms with van der Waals surface area (Å²) in [5, 5.41) is 12.0. The fourth-order valence-electron chi connectivity index (χ4n) is 1.76. The standard InChI is InChI=1S/C15H16N2O3/c1-2-20-14-7-6-10(8-13(14)16)15(19)17-11-4-3-5-12(18)9-11/h3-9,18H,2,16H2,1H3,(H,17,19). The Kier molecular flexibility index (Phi) is 4.10. The number of phenols is 1. The first-order valence-corrected chi connectivity index (χ1v) is 6.23. The molecule has 5 heteroatoms. The fraction of sp³-hybridized carbons (Fsp3) is 0.133. The highest BCUT2D eigenvalue weighted by atomic mass is 16.5. The molecule has 0 aromatic heterocycles. The minimum atomic E-state index is -0.301. The lowest BCUT2D eigenvalue weighted by atomic mass is 10.1. The molecule has 2 aromatic rings. The van der Waals surface area contributed by atoms with E-state index in [2.05, 4.69) is 5.32 Å². The summed E-state index contributed by atoms with van der Waals surface area (Å²) >= 11 is 0. The molecular formula is C15H16N2O3. The van der Waals surface area contributed by atoms with Crippen molar-refractivity contribution in [1.82, 2.24) is 0 Å². The van der Waals surface area contributed by atoms with Crippen LogP contribution in [0.4, 0.5) is 11.4 Å². The third-order valence-corrected chi connectivity index (χ3v) is 2.68. The molecule has 0 heterocycles. The maximum Gasteiger partial charge on any atom is 0.255 e. The summed E-state index contributed by atoms with van der Waals surface area (Å²) in [6.07, 6.45) is 0. The van der Waals surface area contributed by atoms with E-state index in [1.54, 1.807) is 30.3 Å². The summed E-state index contributed by atoms with van der Waals surface area (Å²) in [5.41, 5.74) is 7.17. The molecule has 0 bridgehead atoms. The summed E-state index contributed by atoms with van der Waals surface area (Å²) < 4.78 is 5.32. The van der Waals surface area contributed by atoms with Crippen molar-refractivity contribution in [3.05, 3.63) is 48.0 Å². The molecule has 2 rings (SSSR count). The second kappa shape index (κ2) is 5.97. The van der Waals surface area contributed by atoms with Gasteiger partial charge in [0.2, 0.25) is 0 Å². The monoisotopic (exact) mass is 272 g/mol. The van der Waals surface area contributed by atoms with E-state index >= 15 is 0 Å². The number of carbonyl (C=O) groups excluding carboxylic acids is 1. The van der Waals surface area contributed by atoms with Gasteiger partial charge in [-0.3, -0.25) is 4.79 Å². The third kappa shape index (κ3) is 3.20. The predicted octanol–water partition coefficient (Wildman–Crippen LogP) is 2.63. The van der Waals surface area contributed by atoms with Crippen molar-refractivity contribution in [2.45, 2.75) is 6.92 Å². The maximum absolute atomic E-state index is 12.1. The van der Waals surface area contributed by atoms with Gasteiger partial charge in [-0.15, -0.1) is 0 Å². The Bertz CT molecular complexity index is 626. The molecule has 1 amide bonds. The Balaban J connectivity index is 2.15. The summed E-state index contributed by atoms with van der Waals surface area (Å²) in [7, 11) is 0. The van der Waals surface area contributed by atoms with Gasteiger partial charge in [-0.1, -0.05) is 6.07 Å². The number of anilines is 2. The molecule has 2 aromatic carbocycles.